The Hall–Kier alpha value is -1.09. The zero-order valence-electron chi connectivity index (χ0n) is 12.0. The van der Waals surface area contributed by atoms with Crippen molar-refractivity contribution in [2.24, 2.45) is 5.92 Å². The predicted octanol–water partition coefficient (Wildman–Crippen LogP) is 4.49. The fourth-order valence-electron chi connectivity index (χ4n) is 3.03. The van der Waals surface area contributed by atoms with Gasteiger partial charge in [-0.3, -0.25) is 0 Å². The van der Waals surface area contributed by atoms with Crippen LogP contribution < -0.4 is 14.8 Å². The molecule has 3 rings (SSSR count). The molecule has 0 spiro atoms. The normalized spacial score (nSPS) is 25.9. The van der Waals surface area contributed by atoms with Crippen molar-refractivity contribution in [3.05, 3.63) is 17.2 Å². The molecule has 1 aromatic rings. The Morgan fingerprint density at radius 1 is 1.05 bits per heavy atom. The van der Waals surface area contributed by atoms with Gasteiger partial charge in [-0.1, -0.05) is 31.4 Å². The van der Waals surface area contributed by atoms with E-state index in [-0.39, 0.29) is 0 Å². The van der Waals surface area contributed by atoms with Crippen molar-refractivity contribution in [1.29, 1.82) is 0 Å². The van der Waals surface area contributed by atoms with Crippen LogP contribution in [0.4, 0.5) is 5.69 Å². The third kappa shape index (κ3) is 3.14. The minimum atomic E-state index is 0.514. The van der Waals surface area contributed by atoms with Gasteiger partial charge in [0.15, 0.2) is 11.5 Å². The molecule has 0 saturated heterocycles. The van der Waals surface area contributed by atoms with E-state index in [1.807, 2.05) is 12.1 Å². The van der Waals surface area contributed by atoms with Crippen LogP contribution in [0.5, 0.6) is 11.5 Å². The van der Waals surface area contributed by atoms with Crippen LogP contribution in [0.15, 0.2) is 12.1 Å². The number of halogens is 1. The largest absolute Gasteiger partial charge is 0.486 e. The van der Waals surface area contributed by atoms with Gasteiger partial charge in [0, 0.05) is 18.2 Å². The summed E-state index contributed by atoms with van der Waals surface area (Å²) in [5.74, 6) is 2.39. The molecule has 0 amide bonds. The van der Waals surface area contributed by atoms with Crippen LogP contribution >= 0.6 is 11.6 Å². The summed E-state index contributed by atoms with van der Waals surface area (Å²) < 4.78 is 11.2. The number of nitrogens with one attached hydrogen (secondary N) is 1. The van der Waals surface area contributed by atoms with Crippen molar-refractivity contribution in [1.82, 2.24) is 0 Å². The summed E-state index contributed by atoms with van der Waals surface area (Å²) in [4.78, 5) is 0. The highest BCUT2D eigenvalue weighted by Gasteiger charge is 2.19. The van der Waals surface area contributed by atoms with E-state index in [1.54, 1.807) is 0 Å². The lowest BCUT2D eigenvalue weighted by Gasteiger charge is -2.23. The predicted molar refractivity (Wildman–Crippen MR) is 82.1 cm³/mol. The maximum Gasteiger partial charge on any atom is 0.163 e. The molecule has 20 heavy (non-hydrogen) atoms. The maximum atomic E-state index is 6.35. The van der Waals surface area contributed by atoms with Gasteiger partial charge in [0.2, 0.25) is 0 Å². The number of ether oxygens (including phenoxy) is 2. The van der Waals surface area contributed by atoms with Gasteiger partial charge in [-0.2, -0.15) is 0 Å². The molecule has 1 saturated carbocycles. The molecule has 0 aromatic heterocycles. The number of rotatable bonds is 2. The molecule has 2 aliphatic rings. The summed E-state index contributed by atoms with van der Waals surface area (Å²) in [5.41, 5.74) is 0.968. The van der Waals surface area contributed by atoms with Crippen LogP contribution in [-0.4, -0.2) is 19.3 Å². The molecule has 1 aliphatic heterocycles. The van der Waals surface area contributed by atoms with Crippen LogP contribution in [0.3, 0.4) is 0 Å². The molecule has 1 aliphatic carbocycles. The van der Waals surface area contributed by atoms with Gasteiger partial charge in [0.25, 0.3) is 0 Å². The average Bonchev–Trinajstić information content (AvgIpc) is 2.65. The Morgan fingerprint density at radius 3 is 2.60 bits per heavy atom. The second-order valence-electron chi connectivity index (χ2n) is 5.93. The van der Waals surface area contributed by atoms with Crippen molar-refractivity contribution in [2.75, 3.05) is 18.5 Å². The molecule has 4 heteroatoms. The lowest BCUT2D eigenvalue weighted by Crippen LogP contribution is -2.20. The topological polar surface area (TPSA) is 30.5 Å². The lowest BCUT2D eigenvalue weighted by molar-refractivity contribution is 0.171. The van der Waals surface area contributed by atoms with Crippen molar-refractivity contribution in [3.8, 4) is 11.5 Å². The van der Waals surface area contributed by atoms with E-state index >= 15 is 0 Å². The summed E-state index contributed by atoms with van der Waals surface area (Å²) in [6.45, 7) is 3.55. The van der Waals surface area contributed by atoms with Crippen molar-refractivity contribution >= 4 is 17.3 Å². The molecule has 2 unspecified atom stereocenters. The smallest absolute Gasteiger partial charge is 0.163 e. The molecule has 1 heterocycles. The monoisotopic (exact) mass is 295 g/mol. The molecule has 1 N–H and O–H groups in total. The summed E-state index contributed by atoms with van der Waals surface area (Å²) in [6.07, 6.45) is 6.36. The van der Waals surface area contributed by atoms with Gasteiger partial charge in [0.1, 0.15) is 13.2 Å². The Labute approximate surface area is 125 Å². The number of benzene rings is 1. The highest BCUT2D eigenvalue weighted by Crippen LogP contribution is 2.39. The van der Waals surface area contributed by atoms with E-state index in [4.69, 9.17) is 21.1 Å². The minimum absolute atomic E-state index is 0.514. The second-order valence-corrected chi connectivity index (χ2v) is 6.34. The Balaban J connectivity index is 1.73. The minimum Gasteiger partial charge on any atom is -0.486 e. The molecule has 0 bridgehead atoms. The molecule has 110 valence electrons. The fraction of sp³-hybridized carbons (Fsp3) is 0.625. The van der Waals surface area contributed by atoms with Gasteiger partial charge in [-0.15, -0.1) is 0 Å². The van der Waals surface area contributed by atoms with E-state index in [1.165, 1.54) is 32.1 Å². The Bertz CT molecular complexity index is 478. The molecule has 3 nitrogen and oxygen atoms in total. The highest BCUT2D eigenvalue weighted by atomic mass is 35.5. The zero-order valence-corrected chi connectivity index (χ0v) is 12.7. The van der Waals surface area contributed by atoms with Crippen LogP contribution in [0, 0.1) is 5.92 Å². The van der Waals surface area contributed by atoms with Gasteiger partial charge in [0.05, 0.1) is 10.7 Å². The van der Waals surface area contributed by atoms with Gasteiger partial charge in [-0.25, -0.2) is 0 Å². The molecule has 2 atom stereocenters. The first-order valence-electron chi connectivity index (χ1n) is 7.58. The summed E-state index contributed by atoms with van der Waals surface area (Å²) >= 11 is 6.35. The van der Waals surface area contributed by atoms with E-state index in [2.05, 4.69) is 12.2 Å². The second kappa shape index (κ2) is 6.13. The van der Waals surface area contributed by atoms with Crippen molar-refractivity contribution in [3.63, 3.8) is 0 Å². The number of hydrogen-bond donors (Lipinski definition) is 1. The average molecular weight is 296 g/mol. The number of anilines is 1. The van der Waals surface area contributed by atoms with Gasteiger partial charge < -0.3 is 14.8 Å². The van der Waals surface area contributed by atoms with E-state index in [9.17, 15) is 0 Å². The first-order valence-corrected chi connectivity index (χ1v) is 7.96. The van der Waals surface area contributed by atoms with Crippen molar-refractivity contribution < 1.29 is 9.47 Å². The van der Waals surface area contributed by atoms with Crippen LogP contribution in [0.1, 0.15) is 39.0 Å². The first-order chi connectivity index (χ1) is 9.72. The van der Waals surface area contributed by atoms with Crippen LogP contribution in [0.2, 0.25) is 5.02 Å². The third-order valence-electron chi connectivity index (χ3n) is 4.25. The lowest BCUT2D eigenvalue weighted by atomic mass is 10.0. The Kier molecular flexibility index (Phi) is 4.25. The maximum absolute atomic E-state index is 6.35. The van der Waals surface area contributed by atoms with E-state index in [0.717, 1.165) is 23.1 Å². The quantitative estimate of drug-likeness (QED) is 0.815. The van der Waals surface area contributed by atoms with E-state index < -0.39 is 0 Å². The zero-order chi connectivity index (χ0) is 13.9. The van der Waals surface area contributed by atoms with Crippen molar-refractivity contribution in [2.45, 2.75) is 45.1 Å². The molecule has 1 aromatic carbocycles. The summed E-state index contributed by atoms with van der Waals surface area (Å²) in [5, 5.41) is 4.31. The van der Waals surface area contributed by atoms with Crippen LogP contribution in [-0.2, 0) is 0 Å². The fourth-order valence-corrected chi connectivity index (χ4v) is 3.23. The molecular formula is C16H22ClNO2. The SMILES string of the molecule is CC1CCCC(Nc2cc3c(cc2Cl)OCCO3)CC1. The van der Waals surface area contributed by atoms with Crippen LogP contribution in [0.25, 0.3) is 0 Å². The first kappa shape index (κ1) is 13.9. The molecule has 0 radical (unpaired) electrons. The highest BCUT2D eigenvalue weighted by molar-refractivity contribution is 6.33. The van der Waals surface area contributed by atoms with Gasteiger partial charge in [-0.05, 0) is 25.2 Å². The van der Waals surface area contributed by atoms with Gasteiger partial charge >= 0.3 is 0 Å². The van der Waals surface area contributed by atoms with E-state index in [0.29, 0.717) is 24.3 Å². The third-order valence-corrected chi connectivity index (χ3v) is 4.56. The Morgan fingerprint density at radius 2 is 1.80 bits per heavy atom. The standard InChI is InChI=1S/C16H22ClNO2/c1-11-3-2-4-12(6-5-11)18-14-10-16-15(9-13(14)17)19-7-8-20-16/h9-12,18H,2-8H2,1H3. The number of fused-ring (bicyclic) bond motifs is 1. The summed E-state index contributed by atoms with van der Waals surface area (Å²) in [6, 6.07) is 4.35. The number of hydrogen-bond acceptors (Lipinski definition) is 3. The summed E-state index contributed by atoms with van der Waals surface area (Å²) in [7, 11) is 0. The molecule has 1 fully saturated rings. The molecular weight excluding hydrogens is 274 g/mol.